The van der Waals surface area contributed by atoms with E-state index in [1.807, 2.05) is 19.9 Å². The molecule has 1 amide bonds. The highest BCUT2D eigenvalue weighted by atomic mass is 35.5. The topological polar surface area (TPSA) is 66.5 Å². The highest BCUT2D eigenvalue weighted by Crippen LogP contribution is 2.24. The van der Waals surface area contributed by atoms with E-state index in [1.165, 1.54) is 0 Å². The predicted molar refractivity (Wildman–Crippen MR) is 103 cm³/mol. The Hall–Kier alpha value is -2.05. The van der Waals surface area contributed by atoms with Gasteiger partial charge in [0.1, 0.15) is 6.04 Å². The maximum Gasteiger partial charge on any atom is 0.248 e. The SMILES string of the molecule is Cc1cccc(N([C@H](C)C(=O)Nc2cc(Cl)ccc2C)S(C)(=O)=O)c1. The number of carbonyl (C=O) groups is 1. The van der Waals surface area contributed by atoms with Crippen LogP contribution in [0.3, 0.4) is 0 Å². The molecule has 0 saturated carbocycles. The maximum absolute atomic E-state index is 12.7. The largest absolute Gasteiger partial charge is 0.324 e. The molecule has 7 heteroatoms. The van der Waals surface area contributed by atoms with Crippen LogP contribution in [-0.2, 0) is 14.8 Å². The normalized spacial score (nSPS) is 12.5. The second kappa shape index (κ2) is 7.45. The smallest absolute Gasteiger partial charge is 0.248 e. The van der Waals surface area contributed by atoms with Crippen molar-refractivity contribution >= 4 is 38.9 Å². The number of benzene rings is 2. The van der Waals surface area contributed by atoms with Crippen molar-refractivity contribution in [1.82, 2.24) is 0 Å². The van der Waals surface area contributed by atoms with Crippen LogP contribution in [0.2, 0.25) is 5.02 Å². The fraction of sp³-hybridized carbons (Fsp3) is 0.278. The van der Waals surface area contributed by atoms with Crippen molar-refractivity contribution in [2.45, 2.75) is 26.8 Å². The number of aryl methyl sites for hydroxylation is 2. The molecule has 0 spiro atoms. The first kappa shape index (κ1) is 19.3. The van der Waals surface area contributed by atoms with Crippen LogP contribution < -0.4 is 9.62 Å². The molecule has 5 nitrogen and oxygen atoms in total. The van der Waals surface area contributed by atoms with Crippen LogP contribution in [0, 0.1) is 13.8 Å². The fourth-order valence-electron chi connectivity index (χ4n) is 2.54. The van der Waals surface area contributed by atoms with Crippen molar-refractivity contribution in [2.75, 3.05) is 15.9 Å². The first-order valence-electron chi connectivity index (χ1n) is 7.72. The van der Waals surface area contributed by atoms with Gasteiger partial charge >= 0.3 is 0 Å². The summed E-state index contributed by atoms with van der Waals surface area (Å²) < 4.78 is 25.7. The first-order valence-corrected chi connectivity index (χ1v) is 9.95. The summed E-state index contributed by atoms with van der Waals surface area (Å²) in [5.41, 5.74) is 2.76. The number of amides is 1. The van der Waals surface area contributed by atoms with Crippen LogP contribution in [0.15, 0.2) is 42.5 Å². The number of hydrogen-bond acceptors (Lipinski definition) is 3. The quantitative estimate of drug-likeness (QED) is 0.858. The number of nitrogens with one attached hydrogen (secondary N) is 1. The van der Waals surface area contributed by atoms with Gasteiger partial charge in [-0.3, -0.25) is 9.10 Å². The lowest BCUT2D eigenvalue weighted by Gasteiger charge is -2.28. The number of anilines is 2. The first-order chi connectivity index (χ1) is 11.6. The molecule has 25 heavy (non-hydrogen) atoms. The number of sulfonamides is 1. The molecule has 0 aliphatic heterocycles. The van der Waals surface area contributed by atoms with Gasteiger partial charge in [0.2, 0.25) is 15.9 Å². The van der Waals surface area contributed by atoms with E-state index < -0.39 is 22.0 Å². The lowest BCUT2D eigenvalue weighted by molar-refractivity contribution is -0.116. The number of hydrogen-bond donors (Lipinski definition) is 1. The lowest BCUT2D eigenvalue weighted by atomic mass is 10.1. The molecule has 0 saturated heterocycles. The van der Waals surface area contributed by atoms with E-state index in [0.29, 0.717) is 16.4 Å². The molecule has 2 aromatic carbocycles. The van der Waals surface area contributed by atoms with E-state index in [0.717, 1.165) is 21.7 Å². The Labute approximate surface area is 153 Å². The molecule has 0 aromatic heterocycles. The van der Waals surface area contributed by atoms with Gasteiger partial charge in [-0.05, 0) is 56.2 Å². The monoisotopic (exact) mass is 380 g/mol. The van der Waals surface area contributed by atoms with Crippen LogP contribution in [0.5, 0.6) is 0 Å². The molecule has 0 unspecified atom stereocenters. The molecule has 0 aliphatic carbocycles. The molecule has 1 atom stereocenters. The minimum absolute atomic E-state index is 0.433. The van der Waals surface area contributed by atoms with Gasteiger partial charge in [0.05, 0.1) is 11.9 Å². The average molecular weight is 381 g/mol. The third kappa shape index (κ3) is 4.74. The van der Waals surface area contributed by atoms with E-state index in [9.17, 15) is 13.2 Å². The molecule has 0 aliphatic rings. The zero-order valence-electron chi connectivity index (χ0n) is 14.6. The lowest BCUT2D eigenvalue weighted by Crippen LogP contribution is -2.45. The summed E-state index contributed by atoms with van der Waals surface area (Å²) in [5.74, 6) is -0.433. The van der Waals surface area contributed by atoms with Crippen molar-refractivity contribution in [2.24, 2.45) is 0 Å². The Kier molecular flexibility index (Phi) is 5.75. The number of rotatable bonds is 5. The predicted octanol–water partition coefficient (Wildman–Crippen LogP) is 3.75. The van der Waals surface area contributed by atoms with Crippen molar-refractivity contribution in [1.29, 1.82) is 0 Å². The van der Waals surface area contributed by atoms with Crippen LogP contribution in [-0.4, -0.2) is 26.6 Å². The molecule has 134 valence electrons. The second-order valence-electron chi connectivity index (χ2n) is 6.02. The third-order valence-corrected chi connectivity index (χ3v) is 5.28. The van der Waals surface area contributed by atoms with Crippen LogP contribution >= 0.6 is 11.6 Å². The van der Waals surface area contributed by atoms with Crippen molar-refractivity contribution < 1.29 is 13.2 Å². The Morgan fingerprint density at radius 1 is 1.16 bits per heavy atom. The molecule has 1 N–H and O–H groups in total. The van der Waals surface area contributed by atoms with Gasteiger partial charge in [0.15, 0.2) is 0 Å². The van der Waals surface area contributed by atoms with Gasteiger partial charge in [0, 0.05) is 10.7 Å². The van der Waals surface area contributed by atoms with Crippen molar-refractivity contribution in [3.63, 3.8) is 0 Å². The Bertz CT molecular complexity index is 897. The summed E-state index contributed by atoms with van der Waals surface area (Å²) >= 11 is 5.97. The summed E-state index contributed by atoms with van der Waals surface area (Å²) in [4.78, 5) is 12.7. The summed E-state index contributed by atoms with van der Waals surface area (Å²) in [5, 5.41) is 3.25. The zero-order chi connectivity index (χ0) is 18.8. The summed E-state index contributed by atoms with van der Waals surface area (Å²) in [6.45, 7) is 5.26. The number of nitrogens with zero attached hydrogens (tertiary/aromatic N) is 1. The van der Waals surface area contributed by atoms with Gasteiger partial charge < -0.3 is 5.32 Å². The second-order valence-corrected chi connectivity index (χ2v) is 8.32. The van der Waals surface area contributed by atoms with Crippen molar-refractivity contribution in [3.05, 3.63) is 58.6 Å². The van der Waals surface area contributed by atoms with Gasteiger partial charge in [0.25, 0.3) is 0 Å². The number of halogens is 1. The molecular formula is C18H21ClN2O3S. The van der Waals surface area contributed by atoms with E-state index in [2.05, 4.69) is 5.32 Å². The maximum atomic E-state index is 12.7. The molecular weight excluding hydrogens is 360 g/mol. The molecule has 0 fully saturated rings. The van der Waals surface area contributed by atoms with E-state index in [4.69, 9.17) is 11.6 Å². The van der Waals surface area contributed by atoms with Gasteiger partial charge in [-0.15, -0.1) is 0 Å². The summed E-state index contributed by atoms with van der Waals surface area (Å²) in [7, 11) is -3.64. The zero-order valence-corrected chi connectivity index (χ0v) is 16.1. The summed E-state index contributed by atoms with van der Waals surface area (Å²) in [6, 6.07) is 11.3. The molecule has 0 radical (unpaired) electrons. The minimum atomic E-state index is -3.64. The Morgan fingerprint density at radius 3 is 2.44 bits per heavy atom. The van der Waals surface area contributed by atoms with E-state index in [-0.39, 0.29) is 0 Å². The Balaban J connectivity index is 2.35. The van der Waals surface area contributed by atoms with Gasteiger partial charge in [-0.2, -0.15) is 0 Å². The van der Waals surface area contributed by atoms with E-state index >= 15 is 0 Å². The molecule has 2 rings (SSSR count). The summed E-state index contributed by atoms with van der Waals surface area (Å²) in [6.07, 6.45) is 1.09. The highest BCUT2D eigenvalue weighted by Gasteiger charge is 2.29. The third-order valence-electron chi connectivity index (χ3n) is 3.80. The van der Waals surface area contributed by atoms with Gasteiger partial charge in [-0.25, -0.2) is 8.42 Å². The molecule has 0 bridgehead atoms. The van der Waals surface area contributed by atoms with E-state index in [1.54, 1.807) is 43.3 Å². The van der Waals surface area contributed by atoms with Crippen LogP contribution in [0.1, 0.15) is 18.1 Å². The van der Waals surface area contributed by atoms with Crippen LogP contribution in [0.25, 0.3) is 0 Å². The highest BCUT2D eigenvalue weighted by molar-refractivity contribution is 7.92. The van der Waals surface area contributed by atoms with Crippen LogP contribution in [0.4, 0.5) is 11.4 Å². The standard InChI is InChI=1S/C18H21ClN2O3S/c1-12-6-5-7-16(10-12)21(25(4,23)24)14(3)18(22)20-17-11-15(19)9-8-13(17)2/h5-11,14H,1-4H3,(H,20,22)/t14-/m1/s1. The fourth-order valence-corrected chi connectivity index (χ4v) is 3.88. The molecule has 0 heterocycles. The van der Waals surface area contributed by atoms with Crippen molar-refractivity contribution in [3.8, 4) is 0 Å². The number of carbonyl (C=O) groups excluding carboxylic acids is 1. The average Bonchev–Trinajstić information content (AvgIpc) is 2.49. The minimum Gasteiger partial charge on any atom is -0.324 e. The van der Waals surface area contributed by atoms with Gasteiger partial charge in [-0.1, -0.05) is 29.8 Å². The molecule has 2 aromatic rings. The Morgan fingerprint density at radius 2 is 1.84 bits per heavy atom.